The van der Waals surface area contributed by atoms with Crippen LogP contribution < -0.4 is 0 Å². The van der Waals surface area contributed by atoms with Crippen LogP contribution >= 0.6 is 0 Å². The van der Waals surface area contributed by atoms with E-state index in [9.17, 15) is 0 Å². The Hall–Kier alpha value is 0.259. The first-order chi connectivity index (χ1) is 1.41. The molecule has 0 saturated heterocycles. The minimum Gasteiger partial charge on any atom is -0.507 e. The van der Waals surface area contributed by atoms with Crippen LogP contribution in [0.25, 0.3) is 0 Å². The zero-order chi connectivity index (χ0) is 2.71. The molecule has 0 unspecified atom stereocenters. The Morgan fingerprint density at radius 1 is 1.75 bits per heavy atom. The van der Waals surface area contributed by atoms with Crippen LogP contribution in [0.5, 0.6) is 0 Å². The molecule has 4 heavy (non-hydrogen) atoms. The van der Waals surface area contributed by atoms with Crippen molar-refractivity contribution in [1.29, 1.82) is 0 Å². The third kappa shape index (κ3) is 53.2. The fourth-order valence-corrected chi connectivity index (χ4v) is 0. The average molecular weight is 105 g/mol. The van der Waals surface area contributed by atoms with Crippen molar-refractivity contribution in [3.8, 4) is 0 Å². The van der Waals surface area contributed by atoms with Gasteiger partial charge in [0.05, 0.1) is 0 Å². The molecule has 0 N–H and O–H groups in total. The van der Waals surface area contributed by atoms with Gasteiger partial charge in [-0.2, -0.15) is 6.92 Å². The molecule has 0 aromatic carbocycles. The van der Waals surface area contributed by atoms with Crippen molar-refractivity contribution >= 4 is 0 Å². The van der Waals surface area contributed by atoms with Gasteiger partial charge in [-0.05, 0) is 0 Å². The summed E-state index contributed by atoms with van der Waals surface area (Å²) in [5, 5.41) is 0. The molecule has 1 heteroatoms. The van der Waals surface area contributed by atoms with Crippen LogP contribution in [0, 0.1) is 6.08 Å². The maximum Gasteiger partial charge on any atom is 1.00 e. The summed E-state index contributed by atoms with van der Waals surface area (Å²) in [7, 11) is 0. The van der Waals surface area contributed by atoms with Crippen molar-refractivity contribution < 1.29 is 17.1 Å². The summed E-state index contributed by atoms with van der Waals surface area (Å²) in [4.78, 5) is 0. The van der Waals surface area contributed by atoms with Crippen molar-refractivity contribution in [1.82, 2.24) is 0 Å². The van der Waals surface area contributed by atoms with Gasteiger partial charge in [0, 0.05) is 0 Å². The molecule has 0 aromatic heterocycles. The predicted octanol–water partition coefficient (Wildman–Crippen LogP) is 0.993. The fourth-order valence-electron chi connectivity index (χ4n) is 0. The number of allylic oxidation sites excluding steroid dienone is 1. The molecule has 0 nitrogen and oxygen atoms in total. The molecule has 0 amide bonds. The Kier molecular flexibility index (Phi) is 23.2. The molecule has 0 atom stereocenters. The second-order valence-electron chi connectivity index (χ2n) is 0.354. The van der Waals surface area contributed by atoms with Crippen LogP contribution in [-0.4, -0.2) is 0 Å². The fraction of sp³-hybridized carbons (Fsp3) is 0.333. The minimum absolute atomic E-state index is 0. The second-order valence-corrected chi connectivity index (χ2v) is 0.354. The van der Waals surface area contributed by atoms with Crippen molar-refractivity contribution in [2.45, 2.75) is 6.92 Å². The second kappa shape index (κ2) is 10.5. The number of hydrogen-bond donors (Lipinski definition) is 0. The number of hydrogen-bond acceptors (Lipinski definition) is 0. The van der Waals surface area contributed by atoms with Gasteiger partial charge < -0.3 is 6.08 Å². The summed E-state index contributed by atoms with van der Waals surface area (Å²) in [5.41, 5.74) is 0. The summed E-state index contributed by atoms with van der Waals surface area (Å²) < 4.78 is 0. The van der Waals surface area contributed by atoms with Crippen molar-refractivity contribution in [2.24, 2.45) is 0 Å². The zero-order valence-corrected chi connectivity index (χ0v) is 3.45. The summed E-state index contributed by atoms with van der Waals surface area (Å²) in [6, 6.07) is 0. The first kappa shape index (κ1) is 8.86. The molecular weight excluding hydrogens is 99.6 g/mol. The van der Waals surface area contributed by atoms with Crippen LogP contribution in [0.15, 0.2) is 6.58 Å². The molecular formula is C3H5Cu. The van der Waals surface area contributed by atoms with Crippen molar-refractivity contribution in [3.05, 3.63) is 12.7 Å². The van der Waals surface area contributed by atoms with Crippen LogP contribution in [0.3, 0.4) is 0 Å². The molecule has 0 radical (unpaired) electrons. The first-order valence-corrected chi connectivity index (χ1v) is 0.854. The van der Waals surface area contributed by atoms with E-state index < -0.39 is 0 Å². The topological polar surface area (TPSA) is 0 Å². The quantitative estimate of drug-likeness (QED) is 0.318. The maximum absolute atomic E-state index is 3.24. The van der Waals surface area contributed by atoms with E-state index >= 15 is 0 Å². The Morgan fingerprint density at radius 2 is 1.75 bits per heavy atom. The summed E-state index contributed by atoms with van der Waals surface area (Å²) in [6.45, 7) is 5.00. The molecule has 0 bridgehead atoms. The molecule has 28 valence electrons. The van der Waals surface area contributed by atoms with Gasteiger partial charge in [0.1, 0.15) is 0 Å². The van der Waals surface area contributed by atoms with Crippen LogP contribution in [0.4, 0.5) is 0 Å². The van der Waals surface area contributed by atoms with Gasteiger partial charge in [-0.15, -0.1) is 0 Å². The molecule has 0 saturated carbocycles. The van der Waals surface area contributed by atoms with E-state index in [0.717, 1.165) is 0 Å². The molecule has 0 aliphatic heterocycles. The molecule has 0 aromatic rings. The van der Waals surface area contributed by atoms with Gasteiger partial charge in [-0.25, -0.2) is 0 Å². The van der Waals surface area contributed by atoms with Gasteiger partial charge in [0.15, 0.2) is 0 Å². The SMILES string of the molecule is C=[C-]C.[Cu+]. The summed E-state index contributed by atoms with van der Waals surface area (Å²) >= 11 is 0. The third-order valence-corrected chi connectivity index (χ3v) is 0. The standard InChI is InChI=1S/C3H5.Cu/c1-3-2;/h1H2,2H3;/q-1;+1. The predicted molar refractivity (Wildman–Crippen MR) is 14.5 cm³/mol. The van der Waals surface area contributed by atoms with Gasteiger partial charge in [-0.3, -0.25) is 6.58 Å². The normalized spacial score (nSPS) is 3.25. The van der Waals surface area contributed by atoms with Crippen LogP contribution in [0.1, 0.15) is 6.92 Å². The van der Waals surface area contributed by atoms with E-state index in [0.29, 0.717) is 0 Å². The van der Waals surface area contributed by atoms with E-state index in [4.69, 9.17) is 0 Å². The van der Waals surface area contributed by atoms with E-state index in [1.165, 1.54) is 0 Å². The molecule has 0 aliphatic carbocycles. The Morgan fingerprint density at radius 3 is 1.75 bits per heavy atom. The third-order valence-electron chi connectivity index (χ3n) is 0. The molecule has 0 spiro atoms. The van der Waals surface area contributed by atoms with Gasteiger partial charge >= 0.3 is 17.1 Å². The molecule has 0 heterocycles. The zero-order valence-electron chi connectivity index (χ0n) is 2.51. The van der Waals surface area contributed by atoms with Crippen molar-refractivity contribution in [2.75, 3.05) is 0 Å². The molecule has 0 fully saturated rings. The monoisotopic (exact) mass is 104 g/mol. The largest absolute Gasteiger partial charge is 1.00 e. The molecule has 0 rings (SSSR count). The van der Waals surface area contributed by atoms with Gasteiger partial charge in [0.25, 0.3) is 0 Å². The van der Waals surface area contributed by atoms with Crippen LogP contribution in [-0.2, 0) is 17.1 Å². The van der Waals surface area contributed by atoms with E-state index in [-0.39, 0.29) is 17.1 Å². The molecule has 0 aliphatic rings. The number of rotatable bonds is 0. The first-order valence-electron chi connectivity index (χ1n) is 0.854. The minimum atomic E-state index is 0. The van der Waals surface area contributed by atoms with E-state index in [1.54, 1.807) is 6.92 Å². The Labute approximate surface area is 37.4 Å². The smallest absolute Gasteiger partial charge is 0.507 e. The van der Waals surface area contributed by atoms with E-state index in [1.807, 2.05) is 0 Å². The van der Waals surface area contributed by atoms with Crippen molar-refractivity contribution in [3.63, 3.8) is 0 Å². The Bertz CT molecular complexity index is 10.8. The summed E-state index contributed by atoms with van der Waals surface area (Å²) in [6.07, 6.45) is 2.50. The maximum atomic E-state index is 3.24. The van der Waals surface area contributed by atoms with Gasteiger partial charge in [0.2, 0.25) is 0 Å². The average Bonchev–Trinajstić information content (AvgIpc) is 0.918. The summed E-state index contributed by atoms with van der Waals surface area (Å²) in [5.74, 6) is 0. The van der Waals surface area contributed by atoms with Gasteiger partial charge in [-0.1, -0.05) is 0 Å². The van der Waals surface area contributed by atoms with Crippen LogP contribution in [0.2, 0.25) is 0 Å². The van der Waals surface area contributed by atoms with E-state index in [2.05, 4.69) is 12.7 Å². The Balaban J connectivity index is 0.